The van der Waals surface area contributed by atoms with E-state index in [2.05, 4.69) is 0 Å². The molecule has 0 heterocycles. The molecule has 0 spiro atoms. The van der Waals surface area contributed by atoms with E-state index in [4.69, 9.17) is 10.5 Å². The van der Waals surface area contributed by atoms with Gasteiger partial charge in [0.2, 0.25) is 0 Å². The van der Waals surface area contributed by atoms with Crippen LogP contribution in [0.2, 0.25) is 0 Å². The average molecular weight is 223 g/mol. The molecule has 4 heteroatoms. The molecule has 0 aliphatic carbocycles. The predicted octanol–water partition coefficient (Wildman–Crippen LogP) is 1.13. The summed E-state index contributed by atoms with van der Waals surface area (Å²) in [7, 11) is 0. The zero-order chi connectivity index (χ0) is 12.1. The van der Waals surface area contributed by atoms with Crippen molar-refractivity contribution in [2.45, 2.75) is 33.0 Å². The largest absolute Gasteiger partial charge is 0.480 e. The molecule has 0 aliphatic heterocycles. The number of aliphatic hydroxyl groups excluding tert-OH is 1. The van der Waals surface area contributed by atoms with Gasteiger partial charge in [0.1, 0.15) is 5.75 Å². The lowest BCUT2D eigenvalue weighted by atomic mass is 10.1. The van der Waals surface area contributed by atoms with Gasteiger partial charge in [0, 0.05) is 5.56 Å². The number of amides is 1. The lowest BCUT2D eigenvalue weighted by molar-refractivity contribution is -0.124. The molecule has 1 rings (SSSR count). The van der Waals surface area contributed by atoms with E-state index >= 15 is 0 Å². The van der Waals surface area contributed by atoms with Gasteiger partial charge in [-0.05, 0) is 18.9 Å². The monoisotopic (exact) mass is 223 g/mol. The molecule has 1 aromatic carbocycles. The fourth-order valence-corrected chi connectivity index (χ4v) is 1.49. The Morgan fingerprint density at radius 2 is 2.25 bits per heavy atom. The second kappa shape index (κ2) is 5.51. The van der Waals surface area contributed by atoms with Crippen molar-refractivity contribution in [1.82, 2.24) is 0 Å². The maximum absolute atomic E-state index is 11.1. The minimum atomic E-state index is -0.647. The Bertz CT molecular complexity index is 377. The summed E-state index contributed by atoms with van der Waals surface area (Å²) in [6.07, 6.45) is -0.138. The predicted molar refractivity (Wildman–Crippen MR) is 61.0 cm³/mol. The number of carbonyl (C=O) groups excluding carboxylic acids is 1. The molecule has 3 N–H and O–H groups in total. The molecule has 1 aromatic rings. The minimum Gasteiger partial charge on any atom is -0.480 e. The Labute approximate surface area is 95.0 Å². The molecular formula is C12H17NO3. The number of primary amides is 1. The van der Waals surface area contributed by atoms with Gasteiger partial charge in [-0.1, -0.05) is 25.1 Å². The second-order valence-corrected chi connectivity index (χ2v) is 3.64. The first-order valence-electron chi connectivity index (χ1n) is 5.25. The molecule has 0 saturated carbocycles. The van der Waals surface area contributed by atoms with Crippen LogP contribution in [0.1, 0.15) is 24.5 Å². The Morgan fingerprint density at radius 1 is 1.56 bits per heavy atom. The van der Waals surface area contributed by atoms with E-state index in [9.17, 15) is 9.90 Å². The van der Waals surface area contributed by atoms with Crippen molar-refractivity contribution >= 4 is 5.91 Å². The van der Waals surface area contributed by atoms with Crippen LogP contribution in [0.25, 0.3) is 0 Å². The molecule has 1 atom stereocenters. The molecule has 0 saturated heterocycles. The van der Waals surface area contributed by atoms with Crippen LogP contribution in [0, 0.1) is 6.92 Å². The Balaban J connectivity index is 2.98. The van der Waals surface area contributed by atoms with Crippen LogP contribution in [0.15, 0.2) is 18.2 Å². The lowest BCUT2D eigenvalue weighted by Gasteiger charge is -2.18. The highest BCUT2D eigenvalue weighted by molar-refractivity contribution is 5.79. The Kier molecular flexibility index (Phi) is 4.31. The fourth-order valence-electron chi connectivity index (χ4n) is 1.49. The van der Waals surface area contributed by atoms with Crippen LogP contribution >= 0.6 is 0 Å². The van der Waals surface area contributed by atoms with Crippen LogP contribution < -0.4 is 10.5 Å². The van der Waals surface area contributed by atoms with Crippen molar-refractivity contribution in [2.75, 3.05) is 0 Å². The van der Waals surface area contributed by atoms with Crippen molar-refractivity contribution in [1.29, 1.82) is 0 Å². The average Bonchev–Trinajstić information content (AvgIpc) is 2.26. The lowest BCUT2D eigenvalue weighted by Crippen LogP contribution is -2.33. The van der Waals surface area contributed by atoms with Crippen LogP contribution in [-0.4, -0.2) is 17.1 Å². The molecule has 0 aliphatic rings. The molecule has 0 radical (unpaired) electrons. The number of hydrogen-bond acceptors (Lipinski definition) is 3. The normalized spacial score (nSPS) is 12.2. The SMILES string of the molecule is CCC(Oc1c(C)cccc1CO)C(N)=O. The Morgan fingerprint density at radius 3 is 2.75 bits per heavy atom. The molecule has 16 heavy (non-hydrogen) atoms. The summed E-state index contributed by atoms with van der Waals surface area (Å²) in [5, 5.41) is 9.17. The van der Waals surface area contributed by atoms with Crippen molar-refractivity contribution < 1.29 is 14.6 Å². The summed E-state index contributed by atoms with van der Waals surface area (Å²) in [6.45, 7) is 3.57. The van der Waals surface area contributed by atoms with Gasteiger partial charge in [0.05, 0.1) is 6.61 Å². The van der Waals surface area contributed by atoms with Gasteiger partial charge in [-0.3, -0.25) is 4.79 Å². The van der Waals surface area contributed by atoms with E-state index < -0.39 is 12.0 Å². The quantitative estimate of drug-likeness (QED) is 0.786. The highest BCUT2D eigenvalue weighted by Gasteiger charge is 2.17. The molecular weight excluding hydrogens is 206 g/mol. The van der Waals surface area contributed by atoms with E-state index in [0.29, 0.717) is 17.7 Å². The first kappa shape index (κ1) is 12.5. The van der Waals surface area contributed by atoms with Crippen molar-refractivity contribution in [3.05, 3.63) is 29.3 Å². The highest BCUT2D eigenvalue weighted by atomic mass is 16.5. The molecule has 0 fully saturated rings. The summed E-state index contributed by atoms with van der Waals surface area (Å²) in [6, 6.07) is 5.46. The van der Waals surface area contributed by atoms with Gasteiger partial charge < -0.3 is 15.6 Å². The molecule has 1 unspecified atom stereocenters. The summed E-state index contributed by atoms with van der Waals surface area (Å²) >= 11 is 0. The van der Waals surface area contributed by atoms with Gasteiger partial charge in [-0.15, -0.1) is 0 Å². The molecule has 4 nitrogen and oxygen atoms in total. The zero-order valence-electron chi connectivity index (χ0n) is 9.56. The van der Waals surface area contributed by atoms with Crippen molar-refractivity contribution in [2.24, 2.45) is 5.73 Å². The third kappa shape index (κ3) is 2.73. The molecule has 0 bridgehead atoms. The number of aryl methyl sites for hydroxylation is 1. The number of rotatable bonds is 5. The van der Waals surface area contributed by atoms with Crippen LogP contribution in [0.4, 0.5) is 0 Å². The standard InChI is InChI=1S/C12H17NO3/c1-3-10(12(13)15)16-11-8(2)5-4-6-9(11)7-14/h4-6,10,14H,3,7H2,1-2H3,(H2,13,15). The first-order valence-corrected chi connectivity index (χ1v) is 5.25. The van der Waals surface area contributed by atoms with Crippen LogP contribution in [-0.2, 0) is 11.4 Å². The Hall–Kier alpha value is -1.55. The van der Waals surface area contributed by atoms with Crippen molar-refractivity contribution in [3.63, 3.8) is 0 Å². The number of aliphatic hydroxyl groups is 1. The van der Waals surface area contributed by atoms with E-state index in [1.54, 1.807) is 6.07 Å². The highest BCUT2D eigenvalue weighted by Crippen LogP contribution is 2.25. The molecule has 0 aromatic heterocycles. The number of ether oxygens (including phenoxy) is 1. The van der Waals surface area contributed by atoms with Crippen molar-refractivity contribution in [3.8, 4) is 5.75 Å². The maximum Gasteiger partial charge on any atom is 0.258 e. The second-order valence-electron chi connectivity index (χ2n) is 3.64. The summed E-state index contributed by atoms with van der Waals surface area (Å²) < 4.78 is 5.54. The number of hydrogen-bond donors (Lipinski definition) is 2. The van der Waals surface area contributed by atoms with Gasteiger partial charge >= 0.3 is 0 Å². The first-order chi connectivity index (χ1) is 7.60. The minimum absolute atomic E-state index is 0.119. The van der Waals surface area contributed by atoms with Gasteiger partial charge in [0.25, 0.3) is 5.91 Å². The van der Waals surface area contributed by atoms with Crippen LogP contribution in [0.5, 0.6) is 5.75 Å². The maximum atomic E-state index is 11.1. The topological polar surface area (TPSA) is 72.6 Å². The van der Waals surface area contributed by atoms with E-state index in [-0.39, 0.29) is 6.61 Å². The summed E-state index contributed by atoms with van der Waals surface area (Å²) in [4.78, 5) is 11.1. The smallest absolute Gasteiger partial charge is 0.258 e. The summed E-state index contributed by atoms with van der Waals surface area (Å²) in [5.74, 6) is 0.0605. The summed E-state index contributed by atoms with van der Waals surface area (Å²) in [5.41, 5.74) is 6.76. The van der Waals surface area contributed by atoms with E-state index in [1.165, 1.54) is 0 Å². The fraction of sp³-hybridized carbons (Fsp3) is 0.417. The van der Waals surface area contributed by atoms with E-state index in [1.807, 2.05) is 26.0 Å². The van der Waals surface area contributed by atoms with Crippen LogP contribution in [0.3, 0.4) is 0 Å². The third-order valence-corrected chi connectivity index (χ3v) is 2.41. The number of para-hydroxylation sites is 1. The molecule has 1 amide bonds. The zero-order valence-corrected chi connectivity index (χ0v) is 9.56. The van der Waals surface area contributed by atoms with Gasteiger partial charge in [-0.25, -0.2) is 0 Å². The van der Waals surface area contributed by atoms with Gasteiger partial charge in [0.15, 0.2) is 6.10 Å². The number of benzene rings is 1. The number of nitrogens with two attached hydrogens (primary N) is 1. The van der Waals surface area contributed by atoms with Gasteiger partial charge in [-0.2, -0.15) is 0 Å². The molecule has 88 valence electrons. The van der Waals surface area contributed by atoms with E-state index in [0.717, 1.165) is 5.56 Å². The third-order valence-electron chi connectivity index (χ3n) is 2.41. The number of carbonyl (C=O) groups is 1.